The molecular formula is C8H13N3. The predicted molar refractivity (Wildman–Crippen MR) is 43.1 cm³/mol. The molecule has 11 heavy (non-hydrogen) atoms. The maximum atomic E-state index is 5.90. The molecule has 0 aliphatic carbocycles. The molecule has 1 aromatic rings. The molecule has 1 unspecified atom stereocenters. The number of hydrogen-bond donors (Lipinski definition) is 1. The highest BCUT2D eigenvalue weighted by molar-refractivity contribution is 5.14. The molecule has 2 rings (SSSR count). The Bertz CT molecular complexity index is 264. The smallest absolute Gasteiger partial charge is 0.0597 e. The summed E-state index contributed by atoms with van der Waals surface area (Å²) >= 11 is 0. The Hall–Kier alpha value is -0.830. The normalized spacial score (nSPS) is 23.3. The number of fused-ring (bicyclic) bond motifs is 1. The highest BCUT2D eigenvalue weighted by Crippen LogP contribution is 2.22. The SMILES string of the molecule is Cc1cc2n(n1)CCCC2N. The van der Waals surface area contributed by atoms with Crippen LogP contribution in [0.1, 0.15) is 30.3 Å². The van der Waals surface area contributed by atoms with Crippen molar-refractivity contribution in [3.63, 3.8) is 0 Å². The number of rotatable bonds is 0. The van der Waals surface area contributed by atoms with E-state index in [2.05, 4.69) is 11.2 Å². The average Bonchev–Trinajstić information content (AvgIpc) is 2.31. The summed E-state index contributed by atoms with van der Waals surface area (Å²) in [6.07, 6.45) is 2.26. The monoisotopic (exact) mass is 151 g/mol. The first kappa shape index (κ1) is 6.85. The van der Waals surface area contributed by atoms with Crippen LogP contribution in [0.3, 0.4) is 0 Å². The van der Waals surface area contributed by atoms with Crippen LogP contribution in [0.2, 0.25) is 0 Å². The Morgan fingerprint density at radius 3 is 3.27 bits per heavy atom. The maximum Gasteiger partial charge on any atom is 0.0597 e. The second-order valence-corrected chi connectivity index (χ2v) is 3.18. The van der Waals surface area contributed by atoms with Gasteiger partial charge in [-0.1, -0.05) is 0 Å². The van der Waals surface area contributed by atoms with Crippen LogP contribution in [0.5, 0.6) is 0 Å². The molecule has 2 N–H and O–H groups in total. The highest BCUT2D eigenvalue weighted by Gasteiger charge is 2.17. The van der Waals surface area contributed by atoms with Gasteiger partial charge in [-0.3, -0.25) is 4.68 Å². The van der Waals surface area contributed by atoms with Crippen LogP contribution < -0.4 is 5.73 Å². The Labute approximate surface area is 66.2 Å². The molecule has 0 amide bonds. The molecule has 0 saturated carbocycles. The summed E-state index contributed by atoms with van der Waals surface area (Å²) in [6, 6.07) is 2.30. The number of aryl methyl sites for hydroxylation is 2. The zero-order valence-corrected chi connectivity index (χ0v) is 6.75. The van der Waals surface area contributed by atoms with Crippen molar-refractivity contribution in [3.05, 3.63) is 17.5 Å². The van der Waals surface area contributed by atoms with E-state index in [1.165, 1.54) is 5.69 Å². The van der Waals surface area contributed by atoms with Gasteiger partial charge in [-0.05, 0) is 25.8 Å². The van der Waals surface area contributed by atoms with E-state index < -0.39 is 0 Å². The van der Waals surface area contributed by atoms with E-state index in [0.29, 0.717) is 0 Å². The molecule has 1 atom stereocenters. The third-order valence-corrected chi connectivity index (χ3v) is 2.20. The summed E-state index contributed by atoms with van der Waals surface area (Å²) in [5, 5.41) is 4.34. The largest absolute Gasteiger partial charge is 0.323 e. The van der Waals surface area contributed by atoms with Crippen molar-refractivity contribution >= 4 is 0 Å². The molecule has 1 aliphatic heterocycles. The zero-order valence-electron chi connectivity index (χ0n) is 6.75. The third kappa shape index (κ3) is 1.05. The molecule has 3 nitrogen and oxygen atoms in total. The number of nitrogens with zero attached hydrogens (tertiary/aromatic N) is 2. The van der Waals surface area contributed by atoms with Gasteiger partial charge in [0.25, 0.3) is 0 Å². The van der Waals surface area contributed by atoms with Crippen molar-refractivity contribution in [2.75, 3.05) is 0 Å². The lowest BCUT2D eigenvalue weighted by Gasteiger charge is -2.19. The highest BCUT2D eigenvalue weighted by atomic mass is 15.3. The second kappa shape index (κ2) is 2.34. The first-order chi connectivity index (χ1) is 5.27. The zero-order chi connectivity index (χ0) is 7.84. The van der Waals surface area contributed by atoms with Crippen molar-refractivity contribution in [3.8, 4) is 0 Å². The lowest BCUT2D eigenvalue weighted by atomic mass is 10.1. The standard InChI is InChI=1S/C8H13N3/c1-6-5-8-7(9)3-2-4-11(8)10-6/h5,7H,2-4,9H2,1H3. The van der Waals surface area contributed by atoms with E-state index in [-0.39, 0.29) is 6.04 Å². The van der Waals surface area contributed by atoms with Gasteiger partial charge < -0.3 is 5.73 Å². The summed E-state index contributed by atoms with van der Waals surface area (Å²) in [5.74, 6) is 0. The van der Waals surface area contributed by atoms with Gasteiger partial charge in [0.1, 0.15) is 0 Å². The van der Waals surface area contributed by atoms with Crippen molar-refractivity contribution in [1.29, 1.82) is 0 Å². The predicted octanol–water partition coefficient (Wildman–Crippen LogP) is 0.985. The molecule has 0 radical (unpaired) electrons. The summed E-state index contributed by atoms with van der Waals surface area (Å²) < 4.78 is 2.03. The molecule has 3 heteroatoms. The van der Waals surface area contributed by atoms with E-state index in [4.69, 9.17) is 5.73 Å². The minimum absolute atomic E-state index is 0.213. The molecule has 60 valence electrons. The molecule has 2 heterocycles. The topological polar surface area (TPSA) is 43.8 Å². The quantitative estimate of drug-likeness (QED) is 0.600. The van der Waals surface area contributed by atoms with Crippen molar-refractivity contribution in [1.82, 2.24) is 9.78 Å². The first-order valence-electron chi connectivity index (χ1n) is 4.07. The first-order valence-corrected chi connectivity index (χ1v) is 4.07. The average molecular weight is 151 g/mol. The van der Waals surface area contributed by atoms with E-state index >= 15 is 0 Å². The van der Waals surface area contributed by atoms with Crippen molar-refractivity contribution in [2.24, 2.45) is 5.73 Å². The molecule has 0 aromatic carbocycles. The molecular weight excluding hydrogens is 138 g/mol. The van der Waals surface area contributed by atoms with Crippen LogP contribution in [-0.4, -0.2) is 9.78 Å². The Morgan fingerprint density at radius 2 is 2.55 bits per heavy atom. The van der Waals surface area contributed by atoms with Crippen LogP contribution in [-0.2, 0) is 6.54 Å². The second-order valence-electron chi connectivity index (χ2n) is 3.18. The Balaban J connectivity index is 2.43. The maximum absolute atomic E-state index is 5.90. The number of aromatic nitrogens is 2. The van der Waals surface area contributed by atoms with Crippen molar-refractivity contribution in [2.45, 2.75) is 32.4 Å². The summed E-state index contributed by atoms with van der Waals surface area (Å²) in [6.45, 7) is 3.05. The fraction of sp³-hybridized carbons (Fsp3) is 0.625. The fourth-order valence-electron chi connectivity index (χ4n) is 1.65. The van der Waals surface area contributed by atoms with Gasteiger partial charge in [0.05, 0.1) is 11.4 Å². The van der Waals surface area contributed by atoms with Crippen molar-refractivity contribution < 1.29 is 0 Å². The van der Waals surface area contributed by atoms with Crippen LogP contribution in [0.15, 0.2) is 6.07 Å². The van der Waals surface area contributed by atoms with Gasteiger partial charge in [-0.15, -0.1) is 0 Å². The summed E-state index contributed by atoms with van der Waals surface area (Å²) in [4.78, 5) is 0. The minimum Gasteiger partial charge on any atom is -0.323 e. The molecule has 0 saturated heterocycles. The fourth-order valence-corrected chi connectivity index (χ4v) is 1.65. The Morgan fingerprint density at radius 1 is 1.73 bits per heavy atom. The van der Waals surface area contributed by atoms with Gasteiger partial charge in [-0.25, -0.2) is 0 Å². The minimum atomic E-state index is 0.213. The molecule has 0 bridgehead atoms. The van der Waals surface area contributed by atoms with Gasteiger partial charge in [-0.2, -0.15) is 5.10 Å². The van der Waals surface area contributed by atoms with E-state index in [1.54, 1.807) is 0 Å². The van der Waals surface area contributed by atoms with E-state index in [9.17, 15) is 0 Å². The van der Waals surface area contributed by atoms with Gasteiger partial charge in [0.15, 0.2) is 0 Å². The van der Waals surface area contributed by atoms with E-state index in [1.807, 2.05) is 11.6 Å². The summed E-state index contributed by atoms with van der Waals surface area (Å²) in [5.41, 5.74) is 8.18. The molecule has 1 aromatic heterocycles. The molecule has 0 fully saturated rings. The van der Waals surface area contributed by atoms with Gasteiger partial charge in [0.2, 0.25) is 0 Å². The summed E-state index contributed by atoms with van der Waals surface area (Å²) in [7, 11) is 0. The lowest BCUT2D eigenvalue weighted by molar-refractivity contribution is 0.429. The van der Waals surface area contributed by atoms with E-state index in [0.717, 1.165) is 25.1 Å². The molecule has 0 spiro atoms. The van der Waals surface area contributed by atoms with Crippen LogP contribution in [0.25, 0.3) is 0 Å². The van der Waals surface area contributed by atoms with Gasteiger partial charge >= 0.3 is 0 Å². The number of nitrogens with two attached hydrogens (primary N) is 1. The number of hydrogen-bond acceptors (Lipinski definition) is 2. The molecule has 1 aliphatic rings. The third-order valence-electron chi connectivity index (χ3n) is 2.20. The van der Waals surface area contributed by atoms with Crippen LogP contribution >= 0.6 is 0 Å². The van der Waals surface area contributed by atoms with Crippen LogP contribution in [0, 0.1) is 6.92 Å². The van der Waals surface area contributed by atoms with Gasteiger partial charge in [0, 0.05) is 12.6 Å². The Kier molecular flexibility index (Phi) is 1.46. The van der Waals surface area contributed by atoms with Crippen LogP contribution in [0.4, 0.5) is 0 Å². The lowest BCUT2D eigenvalue weighted by Crippen LogP contribution is -2.21.